The van der Waals surface area contributed by atoms with E-state index in [2.05, 4.69) is 11.0 Å². The number of hydrazine groups is 1. The highest BCUT2D eigenvalue weighted by molar-refractivity contribution is 4.91. The van der Waals surface area contributed by atoms with Crippen LogP contribution in [0.4, 0.5) is 0 Å². The first-order valence-corrected chi connectivity index (χ1v) is 2.30. The third kappa shape index (κ3) is 0.838. The third-order valence-electron chi connectivity index (χ3n) is 0.823. The van der Waals surface area contributed by atoms with E-state index in [0.717, 1.165) is 12.2 Å². The van der Waals surface area contributed by atoms with E-state index in [0.29, 0.717) is 0 Å². The summed E-state index contributed by atoms with van der Waals surface area (Å²) < 4.78 is 0. The second kappa shape index (κ2) is 1.84. The van der Waals surface area contributed by atoms with Crippen molar-refractivity contribution in [3.63, 3.8) is 0 Å². The van der Waals surface area contributed by atoms with Gasteiger partial charge in [-0.2, -0.15) is 0 Å². The Labute approximate surface area is 42.3 Å². The highest BCUT2D eigenvalue weighted by atomic mass is 16.7. The molecule has 40 valence electrons. The molecule has 3 heteroatoms. The van der Waals surface area contributed by atoms with Gasteiger partial charge in [-0.1, -0.05) is 12.5 Å². The number of allylic oxidation sites excluding steroid dienone is 1. The van der Waals surface area contributed by atoms with E-state index in [4.69, 9.17) is 4.84 Å². The van der Waals surface area contributed by atoms with Crippen molar-refractivity contribution in [2.75, 3.05) is 0 Å². The second-order valence-electron chi connectivity index (χ2n) is 1.31. The van der Waals surface area contributed by atoms with Gasteiger partial charge < -0.3 is 4.84 Å². The molecule has 0 aromatic rings. The third-order valence-corrected chi connectivity index (χ3v) is 0.823. The molecule has 0 aromatic heterocycles. The van der Waals surface area contributed by atoms with Crippen LogP contribution in [-0.4, -0.2) is 0 Å². The lowest BCUT2D eigenvalue weighted by molar-refractivity contribution is 0.107. The molecule has 0 fully saturated rings. The minimum absolute atomic E-state index is 0.931. The molecule has 1 aliphatic heterocycles. The van der Waals surface area contributed by atoms with Crippen LogP contribution < -0.4 is 11.0 Å². The SMILES string of the molecule is CCC1=CNNO1. The van der Waals surface area contributed by atoms with Gasteiger partial charge in [0.15, 0.2) is 0 Å². The van der Waals surface area contributed by atoms with Gasteiger partial charge in [0.25, 0.3) is 0 Å². The van der Waals surface area contributed by atoms with Gasteiger partial charge in [-0.3, -0.25) is 5.43 Å². The largest absolute Gasteiger partial charge is 0.392 e. The standard InChI is InChI=1S/C4H8N2O/c1-2-4-3-5-6-7-4/h3,5-6H,2H2,1H3. The molecule has 2 N–H and O–H groups in total. The molecule has 0 aromatic carbocycles. The maximum atomic E-state index is 4.80. The first kappa shape index (κ1) is 4.46. The van der Waals surface area contributed by atoms with Crippen molar-refractivity contribution >= 4 is 0 Å². The summed E-state index contributed by atoms with van der Waals surface area (Å²) in [4.78, 5) is 4.80. The zero-order valence-electron chi connectivity index (χ0n) is 4.19. The summed E-state index contributed by atoms with van der Waals surface area (Å²) in [5, 5.41) is 0. The molecule has 0 saturated carbocycles. The van der Waals surface area contributed by atoms with E-state index in [1.54, 1.807) is 6.20 Å². The molecule has 7 heavy (non-hydrogen) atoms. The van der Waals surface area contributed by atoms with Crippen molar-refractivity contribution in [3.8, 4) is 0 Å². The van der Waals surface area contributed by atoms with Crippen LogP contribution in [0.1, 0.15) is 13.3 Å². The Kier molecular flexibility index (Phi) is 1.17. The summed E-state index contributed by atoms with van der Waals surface area (Å²) in [6, 6.07) is 0. The van der Waals surface area contributed by atoms with Gasteiger partial charge in [-0.15, -0.1) is 0 Å². The zero-order valence-corrected chi connectivity index (χ0v) is 4.19. The Hall–Kier alpha value is -0.700. The Morgan fingerprint density at radius 2 is 2.71 bits per heavy atom. The molecule has 1 heterocycles. The molecule has 0 atom stereocenters. The zero-order chi connectivity index (χ0) is 5.11. The van der Waals surface area contributed by atoms with Crippen LogP contribution >= 0.6 is 0 Å². The molecule has 0 unspecified atom stereocenters. The molecule has 3 nitrogen and oxygen atoms in total. The Balaban J connectivity index is 2.36. The topological polar surface area (TPSA) is 33.3 Å². The van der Waals surface area contributed by atoms with Crippen LogP contribution in [0.25, 0.3) is 0 Å². The summed E-state index contributed by atoms with van der Waals surface area (Å²) >= 11 is 0. The van der Waals surface area contributed by atoms with Gasteiger partial charge in [-0.25, -0.2) is 0 Å². The lowest BCUT2D eigenvalue weighted by atomic mass is 10.4. The predicted octanol–water partition coefficient (Wildman–Crippen LogP) is 0.277. The fraction of sp³-hybridized carbons (Fsp3) is 0.500. The first-order chi connectivity index (χ1) is 3.43. The van der Waals surface area contributed by atoms with E-state index in [1.165, 1.54) is 0 Å². The number of hydrogen-bond donors (Lipinski definition) is 2. The molecular formula is C4H8N2O. The van der Waals surface area contributed by atoms with Gasteiger partial charge in [0.05, 0.1) is 6.20 Å². The molecule has 0 saturated heterocycles. The second-order valence-corrected chi connectivity index (χ2v) is 1.31. The highest BCUT2D eigenvalue weighted by Gasteiger charge is 1.97. The Bertz CT molecular complexity index is 89.7. The minimum Gasteiger partial charge on any atom is -0.392 e. The van der Waals surface area contributed by atoms with Gasteiger partial charge >= 0.3 is 0 Å². The molecule has 1 aliphatic rings. The Morgan fingerprint density at radius 3 is 3.00 bits per heavy atom. The first-order valence-electron chi connectivity index (χ1n) is 2.30. The van der Waals surface area contributed by atoms with Crippen LogP contribution in [0.15, 0.2) is 12.0 Å². The van der Waals surface area contributed by atoms with E-state index in [9.17, 15) is 0 Å². The highest BCUT2D eigenvalue weighted by Crippen LogP contribution is 2.00. The smallest absolute Gasteiger partial charge is 0.143 e. The normalized spacial score (nSPS) is 17.6. The monoisotopic (exact) mass is 100 g/mol. The van der Waals surface area contributed by atoms with Crippen LogP contribution in [-0.2, 0) is 4.84 Å². The van der Waals surface area contributed by atoms with E-state index in [-0.39, 0.29) is 0 Å². The summed E-state index contributed by atoms with van der Waals surface area (Å²) in [5.74, 6) is 0.944. The summed E-state index contributed by atoms with van der Waals surface area (Å²) in [5.41, 5.74) is 5.17. The number of nitrogens with one attached hydrogen (secondary N) is 2. The Morgan fingerprint density at radius 1 is 1.86 bits per heavy atom. The van der Waals surface area contributed by atoms with Crippen molar-refractivity contribution in [1.29, 1.82) is 0 Å². The van der Waals surface area contributed by atoms with Gasteiger partial charge in [-0.05, 0) is 0 Å². The summed E-state index contributed by atoms with van der Waals surface area (Å²) in [6.07, 6.45) is 2.72. The van der Waals surface area contributed by atoms with Gasteiger partial charge in [0, 0.05) is 6.42 Å². The molecule has 1 rings (SSSR count). The fourth-order valence-corrected chi connectivity index (χ4v) is 0.409. The predicted molar refractivity (Wildman–Crippen MR) is 25.7 cm³/mol. The minimum atomic E-state index is 0.931. The van der Waals surface area contributed by atoms with E-state index < -0.39 is 0 Å². The molecule has 0 aliphatic carbocycles. The van der Waals surface area contributed by atoms with Crippen molar-refractivity contribution in [2.24, 2.45) is 0 Å². The van der Waals surface area contributed by atoms with Crippen LogP contribution in [0, 0.1) is 0 Å². The van der Waals surface area contributed by atoms with Gasteiger partial charge in [0.2, 0.25) is 0 Å². The maximum Gasteiger partial charge on any atom is 0.143 e. The lowest BCUT2D eigenvalue weighted by Crippen LogP contribution is -2.18. The maximum absolute atomic E-state index is 4.80. The average molecular weight is 100 g/mol. The van der Waals surface area contributed by atoms with Crippen LogP contribution in [0.5, 0.6) is 0 Å². The van der Waals surface area contributed by atoms with Crippen LogP contribution in [0.3, 0.4) is 0 Å². The van der Waals surface area contributed by atoms with E-state index >= 15 is 0 Å². The van der Waals surface area contributed by atoms with E-state index in [1.807, 2.05) is 6.92 Å². The molecule has 0 bridgehead atoms. The van der Waals surface area contributed by atoms with Crippen molar-refractivity contribution < 1.29 is 4.84 Å². The quantitative estimate of drug-likeness (QED) is 0.496. The number of hydrogen-bond acceptors (Lipinski definition) is 3. The lowest BCUT2D eigenvalue weighted by Gasteiger charge is -1.93. The molecule has 0 spiro atoms. The van der Waals surface area contributed by atoms with Crippen molar-refractivity contribution in [2.45, 2.75) is 13.3 Å². The number of rotatable bonds is 1. The van der Waals surface area contributed by atoms with Crippen LogP contribution in [0.2, 0.25) is 0 Å². The molecule has 0 amide bonds. The van der Waals surface area contributed by atoms with Gasteiger partial charge in [0.1, 0.15) is 5.76 Å². The van der Waals surface area contributed by atoms with Crippen molar-refractivity contribution in [3.05, 3.63) is 12.0 Å². The van der Waals surface area contributed by atoms with Crippen molar-refractivity contribution in [1.82, 2.24) is 11.0 Å². The average Bonchev–Trinajstić information content (AvgIpc) is 2.14. The fourth-order valence-electron chi connectivity index (χ4n) is 0.409. The molecule has 0 radical (unpaired) electrons. The molecular weight excluding hydrogens is 92.1 g/mol. The summed E-state index contributed by atoms with van der Waals surface area (Å²) in [7, 11) is 0. The summed E-state index contributed by atoms with van der Waals surface area (Å²) in [6.45, 7) is 2.03.